The normalized spacial score (nSPS) is 11.5. The predicted molar refractivity (Wildman–Crippen MR) is 47.8 cm³/mol. The number of hydrogen-bond acceptors (Lipinski definition) is 3. The monoisotopic (exact) mass is 176 g/mol. The maximum absolute atomic E-state index is 5.34. The van der Waals surface area contributed by atoms with Gasteiger partial charge in [0, 0.05) is 13.2 Å². The van der Waals surface area contributed by atoms with E-state index in [1.54, 1.807) is 0 Å². The summed E-state index contributed by atoms with van der Waals surface area (Å²) in [6, 6.07) is 0. The smallest absolute Gasteiger partial charge is 0.271 e. The Kier molecular flexibility index (Phi) is 7.45. The first kappa shape index (κ1) is 11.9. The van der Waals surface area contributed by atoms with Crippen LogP contribution in [-0.2, 0) is 14.2 Å². The molecule has 0 heterocycles. The molecular weight excluding hydrogens is 156 g/mol. The summed E-state index contributed by atoms with van der Waals surface area (Å²) < 4.78 is 15.7. The molecule has 0 saturated heterocycles. The molecule has 0 fully saturated rings. The molecule has 0 bridgehead atoms. The Morgan fingerprint density at radius 1 is 0.917 bits per heavy atom. The molecule has 0 atom stereocenters. The van der Waals surface area contributed by atoms with Crippen molar-refractivity contribution in [3.05, 3.63) is 0 Å². The van der Waals surface area contributed by atoms with Gasteiger partial charge in [-0.25, -0.2) is 0 Å². The van der Waals surface area contributed by atoms with E-state index in [9.17, 15) is 0 Å². The summed E-state index contributed by atoms with van der Waals surface area (Å²) in [6.07, 6.45) is 0. The van der Waals surface area contributed by atoms with Gasteiger partial charge in [0.2, 0.25) is 0 Å². The Morgan fingerprint density at radius 3 is 1.75 bits per heavy atom. The van der Waals surface area contributed by atoms with Crippen molar-refractivity contribution in [2.45, 2.75) is 34.2 Å². The lowest BCUT2D eigenvalue weighted by Crippen LogP contribution is -2.23. The number of ether oxygens (including phenoxy) is 3. The zero-order chi connectivity index (χ0) is 9.40. The lowest BCUT2D eigenvalue weighted by atomic mass is 10.2. The molecule has 0 aliphatic heterocycles. The third-order valence-corrected chi connectivity index (χ3v) is 1.17. The van der Waals surface area contributed by atoms with E-state index < -0.39 is 6.48 Å². The van der Waals surface area contributed by atoms with E-state index in [1.165, 1.54) is 0 Å². The van der Waals surface area contributed by atoms with Crippen LogP contribution >= 0.6 is 0 Å². The lowest BCUT2D eigenvalue weighted by Gasteiger charge is -2.18. The van der Waals surface area contributed by atoms with Gasteiger partial charge >= 0.3 is 0 Å². The van der Waals surface area contributed by atoms with E-state index >= 15 is 0 Å². The van der Waals surface area contributed by atoms with E-state index in [1.807, 2.05) is 13.8 Å². The van der Waals surface area contributed by atoms with Crippen molar-refractivity contribution in [1.82, 2.24) is 0 Å². The Hall–Kier alpha value is -0.120. The first-order valence-electron chi connectivity index (χ1n) is 4.55. The van der Waals surface area contributed by atoms with Gasteiger partial charge in [0.15, 0.2) is 0 Å². The average Bonchev–Trinajstić information content (AvgIpc) is 2.01. The third-order valence-electron chi connectivity index (χ3n) is 1.17. The first-order chi connectivity index (χ1) is 5.70. The third kappa shape index (κ3) is 6.58. The summed E-state index contributed by atoms with van der Waals surface area (Å²) in [5, 5.41) is 0. The SMILES string of the molecule is CCOC(OCC)OCC(C)C. The summed E-state index contributed by atoms with van der Waals surface area (Å²) in [4.78, 5) is 0. The van der Waals surface area contributed by atoms with Crippen LogP contribution in [0, 0.1) is 5.92 Å². The molecule has 0 unspecified atom stereocenters. The zero-order valence-corrected chi connectivity index (χ0v) is 8.50. The largest absolute Gasteiger partial charge is 0.330 e. The lowest BCUT2D eigenvalue weighted by molar-refractivity contribution is -0.287. The second kappa shape index (κ2) is 7.53. The van der Waals surface area contributed by atoms with Gasteiger partial charge in [-0.1, -0.05) is 13.8 Å². The molecule has 0 aromatic rings. The van der Waals surface area contributed by atoms with Gasteiger partial charge in [-0.2, -0.15) is 0 Å². The maximum atomic E-state index is 5.34. The van der Waals surface area contributed by atoms with Crippen LogP contribution in [0.4, 0.5) is 0 Å². The van der Waals surface area contributed by atoms with Crippen LogP contribution in [0.15, 0.2) is 0 Å². The van der Waals surface area contributed by atoms with Crippen molar-refractivity contribution < 1.29 is 14.2 Å². The van der Waals surface area contributed by atoms with Gasteiger partial charge in [-0.3, -0.25) is 0 Å². The molecule has 0 amide bonds. The molecule has 0 aliphatic carbocycles. The van der Waals surface area contributed by atoms with Gasteiger partial charge in [-0.15, -0.1) is 0 Å². The van der Waals surface area contributed by atoms with Crippen molar-refractivity contribution in [3.63, 3.8) is 0 Å². The molecule has 3 nitrogen and oxygen atoms in total. The second-order valence-electron chi connectivity index (χ2n) is 2.93. The minimum atomic E-state index is -0.484. The standard InChI is InChI=1S/C9H20O3/c1-5-10-9(11-6-2)12-7-8(3)4/h8-9H,5-7H2,1-4H3. The highest BCUT2D eigenvalue weighted by atomic mass is 16.8. The Labute approximate surface area is 75.0 Å². The van der Waals surface area contributed by atoms with Crippen LogP contribution in [0.2, 0.25) is 0 Å². The van der Waals surface area contributed by atoms with Crippen molar-refractivity contribution in [3.8, 4) is 0 Å². The fourth-order valence-corrected chi connectivity index (χ4v) is 0.688. The first-order valence-corrected chi connectivity index (χ1v) is 4.55. The molecule has 0 saturated carbocycles. The quantitative estimate of drug-likeness (QED) is 0.555. The van der Waals surface area contributed by atoms with Crippen LogP contribution in [0.1, 0.15) is 27.7 Å². The van der Waals surface area contributed by atoms with Gasteiger partial charge < -0.3 is 14.2 Å². The molecule has 0 aromatic carbocycles. The summed E-state index contributed by atoms with van der Waals surface area (Å²) in [7, 11) is 0. The van der Waals surface area contributed by atoms with Crippen LogP contribution < -0.4 is 0 Å². The van der Waals surface area contributed by atoms with Gasteiger partial charge in [0.05, 0.1) is 6.61 Å². The molecule has 0 rings (SSSR count). The molecule has 0 aromatic heterocycles. The molecule has 74 valence electrons. The van der Waals surface area contributed by atoms with Gasteiger partial charge in [0.1, 0.15) is 0 Å². The van der Waals surface area contributed by atoms with E-state index in [0.29, 0.717) is 25.7 Å². The van der Waals surface area contributed by atoms with E-state index in [-0.39, 0.29) is 0 Å². The van der Waals surface area contributed by atoms with Crippen LogP contribution in [0.3, 0.4) is 0 Å². The highest BCUT2D eigenvalue weighted by Gasteiger charge is 2.07. The predicted octanol–water partition coefficient (Wildman–Crippen LogP) is 2.02. The highest BCUT2D eigenvalue weighted by Crippen LogP contribution is 2.01. The Bertz CT molecular complexity index is 87.8. The topological polar surface area (TPSA) is 27.7 Å². The second-order valence-corrected chi connectivity index (χ2v) is 2.93. The number of hydrogen-bond donors (Lipinski definition) is 0. The molecule has 0 aliphatic rings. The van der Waals surface area contributed by atoms with Gasteiger partial charge in [-0.05, 0) is 19.8 Å². The maximum Gasteiger partial charge on any atom is 0.271 e. The van der Waals surface area contributed by atoms with Crippen LogP contribution in [0.25, 0.3) is 0 Å². The summed E-state index contributed by atoms with van der Waals surface area (Å²) in [5.74, 6) is 0.508. The zero-order valence-electron chi connectivity index (χ0n) is 8.50. The van der Waals surface area contributed by atoms with Crippen LogP contribution in [0.5, 0.6) is 0 Å². The highest BCUT2D eigenvalue weighted by molar-refractivity contribution is 4.38. The molecule has 3 heteroatoms. The Morgan fingerprint density at radius 2 is 1.42 bits per heavy atom. The molecule has 0 radical (unpaired) electrons. The minimum absolute atomic E-state index is 0.484. The van der Waals surface area contributed by atoms with E-state index in [4.69, 9.17) is 14.2 Å². The fourth-order valence-electron chi connectivity index (χ4n) is 0.688. The van der Waals surface area contributed by atoms with Crippen molar-refractivity contribution in [2.75, 3.05) is 19.8 Å². The van der Waals surface area contributed by atoms with Crippen molar-refractivity contribution >= 4 is 0 Å². The van der Waals surface area contributed by atoms with Gasteiger partial charge in [0.25, 0.3) is 6.48 Å². The summed E-state index contributed by atoms with van der Waals surface area (Å²) >= 11 is 0. The van der Waals surface area contributed by atoms with Crippen molar-refractivity contribution in [2.24, 2.45) is 5.92 Å². The molecule has 0 spiro atoms. The van der Waals surface area contributed by atoms with Crippen molar-refractivity contribution in [1.29, 1.82) is 0 Å². The molecular formula is C9H20O3. The number of rotatable bonds is 7. The molecule has 12 heavy (non-hydrogen) atoms. The van der Waals surface area contributed by atoms with E-state index in [0.717, 1.165) is 0 Å². The van der Waals surface area contributed by atoms with E-state index in [2.05, 4.69) is 13.8 Å². The molecule has 0 N–H and O–H groups in total. The average molecular weight is 176 g/mol. The minimum Gasteiger partial charge on any atom is -0.330 e. The summed E-state index contributed by atoms with van der Waals surface area (Å²) in [6.45, 7) is 9.44. The Balaban J connectivity index is 3.48. The summed E-state index contributed by atoms with van der Waals surface area (Å²) in [5.41, 5.74) is 0. The fraction of sp³-hybridized carbons (Fsp3) is 1.00. The van der Waals surface area contributed by atoms with Crippen LogP contribution in [-0.4, -0.2) is 26.3 Å².